The van der Waals surface area contributed by atoms with Crippen molar-refractivity contribution in [2.24, 2.45) is 11.8 Å². The fourth-order valence-electron chi connectivity index (χ4n) is 4.30. The van der Waals surface area contributed by atoms with Crippen molar-refractivity contribution in [3.05, 3.63) is 47.2 Å². The maximum absolute atomic E-state index is 12.8. The van der Waals surface area contributed by atoms with E-state index in [1.54, 1.807) is 17.1 Å². The van der Waals surface area contributed by atoms with Gasteiger partial charge in [-0.25, -0.2) is 4.90 Å². The van der Waals surface area contributed by atoms with Crippen molar-refractivity contribution < 1.29 is 14.3 Å². The largest absolute Gasteiger partial charge is 0.373 e. The number of fused-ring (bicyclic) bond motifs is 5. The van der Waals surface area contributed by atoms with Crippen molar-refractivity contribution in [2.75, 3.05) is 4.90 Å². The number of rotatable bonds is 3. The molecule has 3 aliphatic rings. The Morgan fingerprint density at radius 2 is 1.72 bits per heavy atom. The van der Waals surface area contributed by atoms with Gasteiger partial charge in [-0.05, 0) is 30.5 Å². The standard InChI is InChI=1S/C18H16ClN3O3/c19-11-3-1-10(2-4-11)8-21-9-12(7-20-21)22-17(23)15-13-5-6-14(25-13)16(15)18(22)24/h1-4,7,9,13-16H,5-6,8H2/t13-,14-,15-,16-/m0/s1. The Labute approximate surface area is 149 Å². The van der Waals surface area contributed by atoms with Gasteiger partial charge in [0, 0.05) is 11.2 Å². The zero-order valence-electron chi connectivity index (χ0n) is 13.3. The lowest BCUT2D eigenvalue weighted by Crippen LogP contribution is -2.33. The number of ether oxygens (including phenoxy) is 1. The van der Waals surface area contributed by atoms with Crippen molar-refractivity contribution in [3.8, 4) is 0 Å². The van der Waals surface area contributed by atoms with Crippen molar-refractivity contribution in [2.45, 2.75) is 31.6 Å². The summed E-state index contributed by atoms with van der Waals surface area (Å²) in [6, 6.07) is 7.50. The van der Waals surface area contributed by atoms with Gasteiger partial charge in [0.25, 0.3) is 0 Å². The van der Waals surface area contributed by atoms with Crippen molar-refractivity contribution >= 4 is 29.1 Å². The van der Waals surface area contributed by atoms with E-state index in [4.69, 9.17) is 16.3 Å². The molecule has 0 spiro atoms. The van der Waals surface area contributed by atoms with E-state index in [1.165, 1.54) is 4.90 Å². The van der Waals surface area contributed by atoms with Gasteiger partial charge >= 0.3 is 0 Å². The minimum atomic E-state index is -0.314. The Morgan fingerprint density at radius 3 is 2.36 bits per heavy atom. The van der Waals surface area contributed by atoms with Gasteiger partial charge in [0.2, 0.25) is 11.8 Å². The van der Waals surface area contributed by atoms with E-state index in [9.17, 15) is 9.59 Å². The van der Waals surface area contributed by atoms with Crippen LogP contribution in [0.15, 0.2) is 36.7 Å². The summed E-state index contributed by atoms with van der Waals surface area (Å²) in [5, 5.41) is 4.98. The van der Waals surface area contributed by atoms with Crippen LogP contribution in [0.3, 0.4) is 0 Å². The maximum Gasteiger partial charge on any atom is 0.240 e. The van der Waals surface area contributed by atoms with Gasteiger partial charge in [0.05, 0.1) is 42.5 Å². The van der Waals surface area contributed by atoms with E-state index >= 15 is 0 Å². The predicted octanol–water partition coefficient (Wildman–Crippen LogP) is 2.25. The fraction of sp³-hybridized carbons (Fsp3) is 0.389. The highest BCUT2D eigenvalue weighted by Gasteiger charge is 2.62. The Hall–Kier alpha value is -2.18. The van der Waals surface area contributed by atoms with Gasteiger partial charge in [-0.1, -0.05) is 23.7 Å². The molecule has 3 saturated heterocycles. The van der Waals surface area contributed by atoms with Gasteiger partial charge in [-0.2, -0.15) is 5.10 Å². The molecule has 3 fully saturated rings. The first kappa shape index (κ1) is 15.1. The van der Waals surface area contributed by atoms with Crippen LogP contribution in [0, 0.1) is 11.8 Å². The Bertz CT molecular complexity index is 835. The maximum atomic E-state index is 12.8. The molecule has 4 heterocycles. The smallest absolute Gasteiger partial charge is 0.240 e. The van der Waals surface area contributed by atoms with E-state index in [0.29, 0.717) is 17.3 Å². The summed E-state index contributed by atoms with van der Waals surface area (Å²) in [5.74, 6) is -0.918. The highest BCUT2D eigenvalue weighted by molar-refractivity contribution is 6.30. The number of carbonyl (C=O) groups is 2. The van der Waals surface area contributed by atoms with Crippen LogP contribution >= 0.6 is 11.6 Å². The zero-order valence-corrected chi connectivity index (χ0v) is 14.1. The SMILES string of the molecule is O=C1[C@@H]2[C@@H](C(=O)N1c1cnn(Cc3ccc(Cl)cc3)c1)[C@@H]1CC[C@@H]2O1. The van der Waals surface area contributed by atoms with Crippen molar-refractivity contribution in [1.82, 2.24) is 9.78 Å². The molecule has 25 heavy (non-hydrogen) atoms. The number of aromatic nitrogens is 2. The second kappa shape index (κ2) is 5.41. The lowest BCUT2D eigenvalue weighted by Gasteiger charge is -2.15. The lowest BCUT2D eigenvalue weighted by atomic mass is 9.81. The van der Waals surface area contributed by atoms with Crippen LogP contribution in [-0.2, 0) is 20.9 Å². The first-order valence-corrected chi connectivity index (χ1v) is 8.80. The third-order valence-corrected chi connectivity index (χ3v) is 5.67. The molecule has 4 atom stereocenters. The Kier molecular flexibility index (Phi) is 3.27. The van der Waals surface area contributed by atoms with Gasteiger partial charge in [-0.3, -0.25) is 14.3 Å². The minimum Gasteiger partial charge on any atom is -0.373 e. The second-order valence-electron chi connectivity index (χ2n) is 6.88. The molecule has 2 amide bonds. The molecule has 7 heteroatoms. The normalized spacial score (nSPS) is 30.4. The Balaban J connectivity index is 1.39. The van der Waals surface area contributed by atoms with E-state index in [1.807, 2.05) is 24.3 Å². The molecule has 0 radical (unpaired) electrons. The van der Waals surface area contributed by atoms with Crippen LogP contribution in [-0.4, -0.2) is 33.8 Å². The third kappa shape index (κ3) is 2.24. The molecular weight excluding hydrogens is 342 g/mol. The monoisotopic (exact) mass is 357 g/mol. The second-order valence-corrected chi connectivity index (χ2v) is 7.31. The van der Waals surface area contributed by atoms with Crippen LogP contribution in [0.2, 0.25) is 5.02 Å². The van der Waals surface area contributed by atoms with Crippen molar-refractivity contribution in [1.29, 1.82) is 0 Å². The summed E-state index contributed by atoms with van der Waals surface area (Å²) in [5.41, 5.74) is 1.58. The summed E-state index contributed by atoms with van der Waals surface area (Å²) < 4.78 is 7.48. The topological polar surface area (TPSA) is 64.4 Å². The first-order chi connectivity index (χ1) is 12.1. The van der Waals surface area contributed by atoms with Gasteiger partial charge in [0.15, 0.2) is 0 Å². The number of amides is 2. The van der Waals surface area contributed by atoms with Crippen LogP contribution < -0.4 is 4.90 Å². The predicted molar refractivity (Wildman–Crippen MR) is 90.1 cm³/mol. The number of halogens is 1. The Morgan fingerprint density at radius 1 is 1.08 bits per heavy atom. The molecule has 6 nitrogen and oxygen atoms in total. The summed E-state index contributed by atoms with van der Waals surface area (Å²) in [4.78, 5) is 26.8. The number of benzene rings is 1. The number of anilines is 1. The van der Waals surface area contributed by atoms with E-state index in [0.717, 1.165) is 18.4 Å². The fourth-order valence-corrected chi connectivity index (χ4v) is 4.42. The first-order valence-electron chi connectivity index (χ1n) is 8.42. The van der Waals surface area contributed by atoms with Crippen LogP contribution in [0.1, 0.15) is 18.4 Å². The molecule has 2 bridgehead atoms. The van der Waals surface area contributed by atoms with Gasteiger partial charge in [0.1, 0.15) is 0 Å². The number of carbonyl (C=O) groups excluding carboxylic acids is 2. The molecule has 1 aromatic heterocycles. The highest BCUT2D eigenvalue weighted by Crippen LogP contribution is 2.49. The molecular formula is C18H16ClN3O3. The van der Waals surface area contributed by atoms with Gasteiger partial charge < -0.3 is 4.74 Å². The molecule has 0 unspecified atom stereocenters. The average molecular weight is 358 g/mol. The molecule has 3 aliphatic heterocycles. The molecule has 1 aromatic carbocycles. The molecule has 5 rings (SSSR count). The summed E-state index contributed by atoms with van der Waals surface area (Å²) in [7, 11) is 0. The number of nitrogens with zero attached hydrogens (tertiary/aromatic N) is 3. The zero-order chi connectivity index (χ0) is 17.1. The van der Waals surface area contributed by atoms with E-state index in [-0.39, 0.29) is 35.9 Å². The molecule has 0 aliphatic carbocycles. The quantitative estimate of drug-likeness (QED) is 0.790. The lowest BCUT2D eigenvalue weighted by molar-refractivity contribution is -0.124. The van der Waals surface area contributed by atoms with E-state index < -0.39 is 0 Å². The molecule has 128 valence electrons. The van der Waals surface area contributed by atoms with E-state index in [2.05, 4.69) is 5.10 Å². The van der Waals surface area contributed by atoms with Crippen LogP contribution in [0.4, 0.5) is 5.69 Å². The average Bonchev–Trinajstić information content (AvgIpc) is 3.35. The summed E-state index contributed by atoms with van der Waals surface area (Å²) >= 11 is 5.90. The third-order valence-electron chi connectivity index (χ3n) is 5.42. The number of imide groups is 1. The van der Waals surface area contributed by atoms with Crippen molar-refractivity contribution in [3.63, 3.8) is 0 Å². The molecule has 0 N–H and O–H groups in total. The number of hydrogen-bond acceptors (Lipinski definition) is 4. The minimum absolute atomic E-state index is 0.0967. The molecule has 2 aromatic rings. The number of hydrogen-bond donors (Lipinski definition) is 0. The summed E-state index contributed by atoms with van der Waals surface area (Å²) in [6.45, 7) is 0.550. The van der Waals surface area contributed by atoms with Crippen LogP contribution in [0.5, 0.6) is 0 Å². The summed E-state index contributed by atoms with van der Waals surface area (Å²) in [6.07, 6.45) is 4.87. The molecule has 0 saturated carbocycles. The van der Waals surface area contributed by atoms with Gasteiger partial charge in [-0.15, -0.1) is 0 Å². The highest BCUT2D eigenvalue weighted by atomic mass is 35.5. The van der Waals surface area contributed by atoms with Crippen LogP contribution in [0.25, 0.3) is 0 Å².